The molecule has 0 bridgehead atoms. The van der Waals surface area contributed by atoms with Crippen LogP contribution in [0.5, 0.6) is 0 Å². The number of hydrogen-bond donors (Lipinski definition) is 2. The second kappa shape index (κ2) is 6.57. The number of pyridine rings is 1. The molecule has 5 heteroatoms. The number of amides is 1. The fourth-order valence-corrected chi connectivity index (χ4v) is 1.39. The van der Waals surface area contributed by atoms with E-state index < -0.39 is 6.10 Å². The zero-order valence-electron chi connectivity index (χ0n) is 9.98. The van der Waals surface area contributed by atoms with Crippen LogP contribution in [-0.2, 0) is 0 Å². The largest absolute Gasteiger partial charge is 0.393 e. The zero-order chi connectivity index (χ0) is 12.8. The minimum absolute atomic E-state index is 0.198. The van der Waals surface area contributed by atoms with Crippen LogP contribution in [0.25, 0.3) is 0 Å². The highest BCUT2D eigenvalue weighted by Gasteiger charge is 2.10. The maximum Gasteiger partial charge on any atom is 0.252 e. The molecule has 0 fully saturated rings. The van der Waals surface area contributed by atoms with E-state index in [1.165, 1.54) is 6.20 Å². The molecule has 4 nitrogen and oxygen atoms in total. The van der Waals surface area contributed by atoms with Crippen molar-refractivity contribution in [2.24, 2.45) is 5.92 Å². The van der Waals surface area contributed by atoms with Crippen molar-refractivity contribution in [3.8, 4) is 0 Å². The van der Waals surface area contributed by atoms with Gasteiger partial charge in [-0.1, -0.05) is 25.4 Å². The lowest BCUT2D eigenvalue weighted by Crippen LogP contribution is -2.28. The summed E-state index contributed by atoms with van der Waals surface area (Å²) in [5, 5.41) is 12.6. The monoisotopic (exact) mass is 256 g/mol. The molecule has 1 aromatic heterocycles. The zero-order valence-corrected chi connectivity index (χ0v) is 10.7. The van der Waals surface area contributed by atoms with Crippen LogP contribution in [-0.4, -0.2) is 28.6 Å². The van der Waals surface area contributed by atoms with E-state index in [4.69, 9.17) is 11.6 Å². The molecule has 2 N–H and O–H groups in total. The first-order valence-electron chi connectivity index (χ1n) is 5.58. The van der Waals surface area contributed by atoms with Crippen LogP contribution in [0.15, 0.2) is 18.3 Å². The highest BCUT2D eigenvalue weighted by atomic mass is 35.5. The molecule has 0 saturated heterocycles. The second-order valence-electron chi connectivity index (χ2n) is 4.23. The third-order valence-corrected chi connectivity index (χ3v) is 2.71. The molecule has 0 spiro atoms. The van der Waals surface area contributed by atoms with E-state index in [1.807, 2.05) is 13.8 Å². The maximum absolute atomic E-state index is 11.6. The Morgan fingerprint density at radius 1 is 1.53 bits per heavy atom. The molecular formula is C12H17ClN2O2. The standard InChI is InChI=1S/C12H17ClN2O2/c1-8(2)10(16)5-6-14-12(17)9-3-4-11(13)15-7-9/h3-4,7-8,10,16H,5-6H2,1-2H3,(H,14,17). The van der Waals surface area contributed by atoms with Gasteiger partial charge in [-0.2, -0.15) is 0 Å². The predicted octanol–water partition coefficient (Wildman–Crippen LogP) is 1.87. The fraction of sp³-hybridized carbons (Fsp3) is 0.500. The first-order chi connectivity index (χ1) is 8.00. The summed E-state index contributed by atoms with van der Waals surface area (Å²) in [4.78, 5) is 15.5. The van der Waals surface area contributed by atoms with Gasteiger partial charge in [-0.25, -0.2) is 4.98 Å². The predicted molar refractivity (Wildman–Crippen MR) is 67.0 cm³/mol. The van der Waals surface area contributed by atoms with E-state index in [1.54, 1.807) is 12.1 Å². The minimum atomic E-state index is -0.390. The fourth-order valence-electron chi connectivity index (χ4n) is 1.28. The average Bonchev–Trinajstić information content (AvgIpc) is 2.29. The topological polar surface area (TPSA) is 62.2 Å². The molecule has 1 heterocycles. The molecule has 0 radical (unpaired) electrons. The van der Waals surface area contributed by atoms with Crippen molar-refractivity contribution < 1.29 is 9.90 Å². The van der Waals surface area contributed by atoms with Gasteiger partial charge in [0.2, 0.25) is 0 Å². The van der Waals surface area contributed by atoms with Crippen molar-refractivity contribution in [2.75, 3.05) is 6.54 Å². The molecule has 94 valence electrons. The Balaban J connectivity index is 2.37. The second-order valence-corrected chi connectivity index (χ2v) is 4.61. The summed E-state index contributed by atoms with van der Waals surface area (Å²) in [6, 6.07) is 3.18. The van der Waals surface area contributed by atoms with Gasteiger partial charge in [-0.05, 0) is 24.5 Å². The van der Waals surface area contributed by atoms with Gasteiger partial charge in [0.1, 0.15) is 5.15 Å². The Morgan fingerprint density at radius 2 is 2.24 bits per heavy atom. The highest BCUT2D eigenvalue weighted by Crippen LogP contribution is 2.06. The summed E-state index contributed by atoms with van der Waals surface area (Å²) in [5.74, 6) is -0.00535. The first kappa shape index (κ1) is 13.9. The smallest absolute Gasteiger partial charge is 0.252 e. The van der Waals surface area contributed by atoms with Crippen LogP contribution >= 0.6 is 11.6 Å². The van der Waals surface area contributed by atoms with Crippen molar-refractivity contribution in [1.29, 1.82) is 0 Å². The first-order valence-corrected chi connectivity index (χ1v) is 5.96. The average molecular weight is 257 g/mol. The van der Waals surface area contributed by atoms with E-state index in [0.29, 0.717) is 23.7 Å². The third-order valence-electron chi connectivity index (χ3n) is 2.48. The lowest BCUT2D eigenvalue weighted by molar-refractivity contribution is 0.0920. The summed E-state index contributed by atoms with van der Waals surface area (Å²) in [6.07, 6.45) is 1.58. The molecule has 0 aliphatic heterocycles. The van der Waals surface area contributed by atoms with Crippen LogP contribution in [0.4, 0.5) is 0 Å². The Morgan fingerprint density at radius 3 is 2.76 bits per heavy atom. The van der Waals surface area contributed by atoms with E-state index in [9.17, 15) is 9.90 Å². The number of nitrogens with one attached hydrogen (secondary N) is 1. The summed E-state index contributed by atoms with van der Waals surface area (Å²) in [7, 11) is 0. The van der Waals surface area contributed by atoms with Gasteiger partial charge in [0, 0.05) is 12.7 Å². The molecule has 1 aromatic rings. The molecule has 0 aliphatic rings. The molecule has 1 amide bonds. The number of nitrogens with zero attached hydrogens (tertiary/aromatic N) is 1. The van der Waals surface area contributed by atoms with Crippen molar-refractivity contribution >= 4 is 17.5 Å². The van der Waals surface area contributed by atoms with Crippen LogP contribution in [0.1, 0.15) is 30.6 Å². The lowest BCUT2D eigenvalue weighted by atomic mass is 10.0. The Hall–Kier alpha value is -1.13. The summed E-state index contributed by atoms with van der Waals surface area (Å²) < 4.78 is 0. The molecule has 1 rings (SSSR count). The van der Waals surface area contributed by atoms with Gasteiger partial charge in [0.05, 0.1) is 11.7 Å². The van der Waals surface area contributed by atoms with Crippen molar-refractivity contribution in [3.05, 3.63) is 29.0 Å². The molecule has 0 saturated carbocycles. The van der Waals surface area contributed by atoms with Crippen molar-refractivity contribution in [3.63, 3.8) is 0 Å². The van der Waals surface area contributed by atoms with E-state index in [0.717, 1.165) is 0 Å². The number of hydrogen-bond acceptors (Lipinski definition) is 3. The normalized spacial score (nSPS) is 12.5. The van der Waals surface area contributed by atoms with Gasteiger partial charge in [-0.15, -0.1) is 0 Å². The molecule has 17 heavy (non-hydrogen) atoms. The van der Waals surface area contributed by atoms with E-state index >= 15 is 0 Å². The van der Waals surface area contributed by atoms with E-state index in [2.05, 4.69) is 10.3 Å². The van der Waals surface area contributed by atoms with Gasteiger partial charge >= 0.3 is 0 Å². The maximum atomic E-state index is 11.6. The van der Waals surface area contributed by atoms with Gasteiger partial charge in [0.25, 0.3) is 5.91 Å². The number of rotatable bonds is 5. The van der Waals surface area contributed by atoms with Gasteiger partial charge < -0.3 is 10.4 Å². The summed E-state index contributed by atoms with van der Waals surface area (Å²) >= 11 is 5.62. The van der Waals surface area contributed by atoms with Crippen LogP contribution in [0, 0.1) is 5.92 Å². The van der Waals surface area contributed by atoms with Crippen LogP contribution in [0.3, 0.4) is 0 Å². The minimum Gasteiger partial charge on any atom is -0.393 e. The molecule has 0 aliphatic carbocycles. The SMILES string of the molecule is CC(C)C(O)CCNC(=O)c1ccc(Cl)nc1. The highest BCUT2D eigenvalue weighted by molar-refractivity contribution is 6.29. The Bertz CT molecular complexity index is 365. The molecule has 0 aromatic carbocycles. The number of halogens is 1. The summed E-state index contributed by atoms with van der Waals surface area (Å²) in [5.41, 5.74) is 0.466. The number of carbonyl (C=O) groups excluding carboxylic acids is 1. The Kier molecular flexibility index (Phi) is 5.38. The number of aromatic nitrogens is 1. The number of aliphatic hydroxyl groups excluding tert-OH is 1. The van der Waals surface area contributed by atoms with Crippen LogP contribution < -0.4 is 5.32 Å². The molecule has 1 unspecified atom stereocenters. The van der Waals surface area contributed by atoms with Crippen LogP contribution in [0.2, 0.25) is 5.15 Å². The number of carbonyl (C=O) groups is 1. The lowest BCUT2D eigenvalue weighted by Gasteiger charge is -2.14. The molecular weight excluding hydrogens is 240 g/mol. The van der Waals surface area contributed by atoms with E-state index in [-0.39, 0.29) is 11.8 Å². The number of aliphatic hydroxyl groups is 1. The quantitative estimate of drug-likeness (QED) is 0.791. The third kappa shape index (κ3) is 4.71. The summed E-state index contributed by atoms with van der Waals surface area (Å²) in [6.45, 7) is 4.33. The Labute approximate surface area is 106 Å². The van der Waals surface area contributed by atoms with Gasteiger partial charge in [-0.3, -0.25) is 4.79 Å². The van der Waals surface area contributed by atoms with Crippen molar-refractivity contribution in [2.45, 2.75) is 26.4 Å². The molecule has 1 atom stereocenters. The van der Waals surface area contributed by atoms with Crippen molar-refractivity contribution in [1.82, 2.24) is 10.3 Å². The van der Waals surface area contributed by atoms with Gasteiger partial charge in [0.15, 0.2) is 0 Å².